The fourth-order valence-corrected chi connectivity index (χ4v) is 7.84. The first kappa shape index (κ1) is 56.6. The average Bonchev–Trinajstić information content (AvgIpc) is 3.26. The van der Waals surface area contributed by atoms with Gasteiger partial charge in [-0.2, -0.15) is 0 Å². The van der Waals surface area contributed by atoms with Crippen molar-refractivity contribution in [1.29, 1.82) is 0 Å². The highest BCUT2D eigenvalue weighted by atomic mass is 16.7. The van der Waals surface area contributed by atoms with Crippen LogP contribution in [-0.2, 0) is 38.0 Å². The van der Waals surface area contributed by atoms with E-state index < -0.39 is 99.3 Å². The van der Waals surface area contributed by atoms with Crippen LogP contribution in [0.5, 0.6) is 0 Å². The van der Waals surface area contributed by atoms with Crippen LogP contribution in [-0.4, -0.2) is 142 Å². The van der Waals surface area contributed by atoms with Gasteiger partial charge in [0.15, 0.2) is 12.6 Å². The predicted molar refractivity (Wildman–Crippen MR) is 234 cm³/mol. The van der Waals surface area contributed by atoms with Gasteiger partial charge in [0.25, 0.3) is 0 Å². The van der Waals surface area contributed by atoms with Crippen LogP contribution in [0.15, 0.2) is 0 Å². The van der Waals surface area contributed by atoms with E-state index in [2.05, 4.69) is 27.7 Å². The molecule has 7 N–H and O–H groups in total. The molecule has 2 fully saturated rings. The summed E-state index contributed by atoms with van der Waals surface area (Å²) in [6.45, 7) is 7.09. The van der Waals surface area contributed by atoms with Gasteiger partial charge in [-0.3, -0.25) is 9.59 Å². The predicted octanol–water partition coefficient (Wildman–Crippen LogP) is 5.76. The van der Waals surface area contributed by atoms with Crippen LogP contribution in [0.3, 0.4) is 0 Å². The molecule has 13 atom stereocenters. The Morgan fingerprint density at radius 2 is 0.984 bits per heavy atom. The third kappa shape index (κ3) is 23.1. The first-order valence-electron chi connectivity index (χ1n) is 24.4. The second-order valence-electron chi connectivity index (χ2n) is 18.1. The largest absolute Gasteiger partial charge is 0.463 e. The number of hydrogen-bond acceptors (Lipinski definition) is 15. The van der Waals surface area contributed by atoms with Crippen LogP contribution in [0.2, 0.25) is 0 Å². The fraction of sp³-hybridized carbons (Fsp3) is 0.957. The van der Waals surface area contributed by atoms with E-state index in [0.29, 0.717) is 12.8 Å². The Hall–Kier alpha value is -1.50. The zero-order chi connectivity index (χ0) is 45.7. The minimum atomic E-state index is -1.83. The molecule has 0 aromatic carbocycles. The van der Waals surface area contributed by atoms with Crippen molar-refractivity contribution in [3.8, 4) is 0 Å². The molecule has 0 radical (unpaired) electrons. The summed E-state index contributed by atoms with van der Waals surface area (Å²) in [6, 6.07) is 0. The molecule has 15 heteroatoms. The minimum Gasteiger partial charge on any atom is -0.463 e. The molecule has 15 nitrogen and oxygen atoms in total. The highest BCUT2D eigenvalue weighted by molar-refractivity contribution is 5.69. The van der Waals surface area contributed by atoms with Crippen LogP contribution in [0.25, 0.3) is 0 Å². The maximum Gasteiger partial charge on any atom is 0.305 e. The Bertz CT molecular complexity index is 1130. The van der Waals surface area contributed by atoms with Crippen molar-refractivity contribution in [3.05, 3.63) is 0 Å². The lowest BCUT2D eigenvalue weighted by Gasteiger charge is -2.46. The molecule has 0 amide bonds. The van der Waals surface area contributed by atoms with E-state index in [-0.39, 0.29) is 19.4 Å². The molecule has 2 heterocycles. The molecule has 2 aliphatic rings. The topological polar surface area (TPSA) is 231 Å². The van der Waals surface area contributed by atoms with Gasteiger partial charge < -0.3 is 64.2 Å². The normalized spacial score (nSPS) is 28.0. The van der Waals surface area contributed by atoms with Crippen molar-refractivity contribution in [1.82, 2.24) is 0 Å². The number of aliphatic hydroxyl groups is 7. The minimum absolute atomic E-state index is 0.162. The van der Waals surface area contributed by atoms with Crippen LogP contribution >= 0.6 is 0 Å². The maximum atomic E-state index is 12.7. The SMILES string of the molecule is CCC(C)CCCCCCCCCCCCC(=O)OC[C@H](O)CO[C@H]1O[C@H](COC(=O)CCCCCCCCCCC(C)CC)[C@@H](O)[C@H](O[C@H]2O[C@H](CO)[C@H](O)[C@H](O)[C@H]2O)[C@@H]1O. The van der Waals surface area contributed by atoms with Crippen molar-refractivity contribution in [3.63, 3.8) is 0 Å². The van der Waals surface area contributed by atoms with Crippen LogP contribution in [0.4, 0.5) is 0 Å². The summed E-state index contributed by atoms with van der Waals surface area (Å²) in [6.07, 6.45) is 7.93. The van der Waals surface area contributed by atoms with E-state index in [9.17, 15) is 45.3 Å². The lowest BCUT2D eigenvalue weighted by Crippen LogP contribution is -2.65. The van der Waals surface area contributed by atoms with E-state index in [1.54, 1.807) is 0 Å². The Morgan fingerprint density at radius 3 is 1.47 bits per heavy atom. The van der Waals surface area contributed by atoms with E-state index in [0.717, 1.165) is 50.4 Å². The molecule has 0 aromatic heterocycles. The van der Waals surface area contributed by atoms with Gasteiger partial charge in [-0.05, 0) is 24.7 Å². The fourth-order valence-electron chi connectivity index (χ4n) is 7.84. The van der Waals surface area contributed by atoms with Crippen molar-refractivity contribution in [2.75, 3.05) is 26.4 Å². The van der Waals surface area contributed by atoms with E-state index in [1.165, 1.54) is 89.9 Å². The molecule has 366 valence electrons. The summed E-state index contributed by atoms with van der Waals surface area (Å²) < 4.78 is 33.3. The van der Waals surface area contributed by atoms with Gasteiger partial charge in [-0.1, -0.05) is 156 Å². The molecule has 2 unspecified atom stereocenters. The van der Waals surface area contributed by atoms with Crippen molar-refractivity contribution in [2.45, 2.75) is 249 Å². The van der Waals surface area contributed by atoms with Gasteiger partial charge in [-0.25, -0.2) is 0 Å². The van der Waals surface area contributed by atoms with Crippen LogP contribution in [0.1, 0.15) is 182 Å². The van der Waals surface area contributed by atoms with E-state index >= 15 is 0 Å². The summed E-state index contributed by atoms with van der Waals surface area (Å²) in [4.78, 5) is 25.0. The Balaban J connectivity index is 1.79. The summed E-state index contributed by atoms with van der Waals surface area (Å²) in [7, 11) is 0. The standard InChI is InChI=1S/C47H88O15/c1-5-33(3)25-21-17-13-9-7-8-10-15-19-23-27-38(50)57-30-35(49)31-59-46-44(56)45(62-47-43(55)42(54)40(52)36(29-48)60-47)41(53)37(61-46)32-58-39(51)28-24-20-16-12-11-14-18-22-26-34(4)6-2/h33-37,40-49,52-56H,5-32H2,1-4H3/t33?,34?,35-,36+,37+,40-,41+,42-,43+,44-,45-,46-,47+/m0/s1. The zero-order valence-electron chi connectivity index (χ0n) is 38.7. The molecule has 0 aromatic rings. The second kappa shape index (κ2) is 33.9. The number of hydrogen-bond donors (Lipinski definition) is 7. The van der Waals surface area contributed by atoms with Crippen molar-refractivity contribution >= 4 is 11.9 Å². The summed E-state index contributed by atoms with van der Waals surface area (Å²) in [5.41, 5.74) is 0. The number of ether oxygens (including phenoxy) is 6. The third-order valence-corrected chi connectivity index (χ3v) is 12.6. The highest BCUT2D eigenvalue weighted by Gasteiger charge is 2.51. The summed E-state index contributed by atoms with van der Waals surface area (Å²) >= 11 is 0. The van der Waals surface area contributed by atoms with Gasteiger partial charge in [0.2, 0.25) is 0 Å². The quantitative estimate of drug-likeness (QED) is 0.0293. The Morgan fingerprint density at radius 1 is 0.532 bits per heavy atom. The van der Waals surface area contributed by atoms with Gasteiger partial charge >= 0.3 is 11.9 Å². The molecule has 0 spiro atoms. The molecular formula is C47H88O15. The zero-order valence-corrected chi connectivity index (χ0v) is 38.7. The molecule has 2 rings (SSSR count). The number of carbonyl (C=O) groups excluding carboxylic acids is 2. The molecular weight excluding hydrogens is 805 g/mol. The van der Waals surface area contributed by atoms with Crippen LogP contribution < -0.4 is 0 Å². The van der Waals surface area contributed by atoms with E-state index in [1.807, 2.05) is 0 Å². The summed E-state index contributed by atoms with van der Waals surface area (Å²) in [5.74, 6) is 0.655. The van der Waals surface area contributed by atoms with Gasteiger partial charge in [0.05, 0.1) is 13.2 Å². The first-order valence-corrected chi connectivity index (χ1v) is 24.4. The first-order chi connectivity index (χ1) is 29.8. The lowest BCUT2D eigenvalue weighted by molar-refractivity contribution is -0.361. The Labute approximate surface area is 372 Å². The van der Waals surface area contributed by atoms with Gasteiger partial charge in [0.1, 0.15) is 68.1 Å². The highest BCUT2D eigenvalue weighted by Crippen LogP contribution is 2.30. The van der Waals surface area contributed by atoms with Gasteiger partial charge in [0, 0.05) is 12.8 Å². The number of esters is 2. The molecule has 62 heavy (non-hydrogen) atoms. The number of rotatable bonds is 36. The molecule has 0 saturated carbocycles. The monoisotopic (exact) mass is 893 g/mol. The number of unbranched alkanes of at least 4 members (excludes halogenated alkanes) is 16. The average molecular weight is 893 g/mol. The Kier molecular flexibility index (Phi) is 31.0. The van der Waals surface area contributed by atoms with Crippen molar-refractivity contribution in [2.24, 2.45) is 11.8 Å². The third-order valence-electron chi connectivity index (χ3n) is 12.6. The van der Waals surface area contributed by atoms with E-state index in [4.69, 9.17) is 28.4 Å². The van der Waals surface area contributed by atoms with Gasteiger partial charge in [-0.15, -0.1) is 0 Å². The molecule has 2 saturated heterocycles. The van der Waals surface area contributed by atoms with Crippen molar-refractivity contribution < 1.29 is 73.8 Å². The molecule has 0 aliphatic carbocycles. The number of carbonyl (C=O) groups is 2. The smallest absolute Gasteiger partial charge is 0.305 e. The lowest BCUT2D eigenvalue weighted by atomic mass is 9.97. The maximum absolute atomic E-state index is 12.7. The second-order valence-corrected chi connectivity index (χ2v) is 18.1. The molecule has 2 aliphatic heterocycles. The van der Waals surface area contributed by atoms with Crippen LogP contribution in [0, 0.1) is 11.8 Å². The summed E-state index contributed by atoms with van der Waals surface area (Å²) in [5, 5.41) is 73.7. The molecule has 0 bridgehead atoms. The number of aliphatic hydroxyl groups excluding tert-OH is 7.